The topological polar surface area (TPSA) is 40.2 Å². The maximum Gasteiger partial charge on any atom is 0.270 e. The van der Waals surface area contributed by atoms with Crippen LogP contribution >= 0.6 is 11.6 Å². The van der Waals surface area contributed by atoms with Gasteiger partial charge in [0.05, 0.1) is 6.20 Å². The Labute approximate surface area is 87.4 Å². The molecular formula is C11H10ClN2+. The Balaban J connectivity index is 2.40. The minimum atomic E-state index is 0.655. The molecule has 0 saturated carbocycles. The van der Waals surface area contributed by atoms with Gasteiger partial charge < -0.3 is 0 Å². The Morgan fingerprint density at radius 3 is 2.14 bits per heavy atom. The third-order valence-corrected chi connectivity index (χ3v) is 2.27. The summed E-state index contributed by atoms with van der Waals surface area (Å²) in [6, 6.07) is 11.5. The minimum Gasteiger partial charge on any atom is -0.287 e. The molecule has 0 aliphatic rings. The molecule has 0 amide bonds. The number of nitrogens with two attached hydrogens (primary N) is 1. The van der Waals surface area contributed by atoms with Crippen molar-refractivity contribution in [1.82, 2.24) is 0 Å². The number of nitrogens with one attached hydrogen (secondary N) is 1. The third kappa shape index (κ3) is 1.86. The van der Waals surface area contributed by atoms with Crippen LogP contribution in [0, 0.1) is 0 Å². The average molecular weight is 206 g/mol. The first-order valence-corrected chi connectivity index (χ1v) is 4.67. The lowest BCUT2D eigenvalue weighted by Crippen LogP contribution is -2.08. The highest BCUT2D eigenvalue weighted by Gasteiger charge is 1.99. The SMILES string of the molecule is Nc1ccc(-c2ccc(Cl)cc2)c[nH+]1. The predicted molar refractivity (Wildman–Crippen MR) is 57.9 cm³/mol. The number of aromatic amines is 1. The zero-order valence-corrected chi connectivity index (χ0v) is 8.25. The number of hydrogen-bond donors (Lipinski definition) is 1. The number of aromatic nitrogens is 1. The van der Waals surface area contributed by atoms with Crippen LogP contribution in [-0.4, -0.2) is 0 Å². The molecule has 2 rings (SSSR count). The van der Waals surface area contributed by atoms with Crippen LogP contribution in [0.15, 0.2) is 42.6 Å². The van der Waals surface area contributed by atoms with Crippen molar-refractivity contribution in [3.63, 3.8) is 0 Å². The molecule has 1 aromatic heterocycles. The largest absolute Gasteiger partial charge is 0.287 e. The van der Waals surface area contributed by atoms with Gasteiger partial charge in [-0.25, -0.2) is 4.98 Å². The molecule has 0 spiro atoms. The number of halogens is 1. The van der Waals surface area contributed by atoms with E-state index >= 15 is 0 Å². The molecular weight excluding hydrogens is 196 g/mol. The Bertz CT molecular complexity index is 377. The number of nitrogen functional groups attached to an aromatic ring is 1. The normalized spacial score (nSPS) is 10.1. The van der Waals surface area contributed by atoms with Crippen LogP contribution in [0.1, 0.15) is 0 Å². The molecule has 2 aromatic rings. The summed E-state index contributed by atoms with van der Waals surface area (Å²) in [5.74, 6) is 0.655. The van der Waals surface area contributed by atoms with Gasteiger partial charge in [0.1, 0.15) is 0 Å². The fourth-order valence-electron chi connectivity index (χ4n) is 1.26. The number of rotatable bonds is 1. The van der Waals surface area contributed by atoms with Crippen LogP contribution in [0.3, 0.4) is 0 Å². The highest BCUT2D eigenvalue weighted by molar-refractivity contribution is 6.30. The molecule has 0 radical (unpaired) electrons. The van der Waals surface area contributed by atoms with Gasteiger partial charge in [0, 0.05) is 16.7 Å². The van der Waals surface area contributed by atoms with Gasteiger partial charge in [-0.05, 0) is 23.8 Å². The molecule has 0 unspecified atom stereocenters. The molecule has 0 saturated heterocycles. The van der Waals surface area contributed by atoms with Crippen LogP contribution in [0.4, 0.5) is 5.82 Å². The van der Waals surface area contributed by atoms with Gasteiger partial charge in [0.2, 0.25) is 0 Å². The second-order valence-corrected chi connectivity index (χ2v) is 3.48. The van der Waals surface area contributed by atoms with E-state index in [0.717, 1.165) is 16.1 Å². The summed E-state index contributed by atoms with van der Waals surface area (Å²) in [5.41, 5.74) is 7.76. The summed E-state index contributed by atoms with van der Waals surface area (Å²) >= 11 is 5.80. The monoisotopic (exact) mass is 205 g/mol. The summed E-state index contributed by atoms with van der Waals surface area (Å²) in [6.07, 6.45) is 1.87. The molecule has 3 N–H and O–H groups in total. The van der Waals surface area contributed by atoms with Crippen LogP contribution in [0.25, 0.3) is 11.1 Å². The van der Waals surface area contributed by atoms with E-state index in [9.17, 15) is 0 Å². The van der Waals surface area contributed by atoms with E-state index in [1.807, 2.05) is 42.6 Å². The number of H-pyrrole nitrogens is 1. The maximum absolute atomic E-state index is 5.80. The van der Waals surface area contributed by atoms with Crippen LogP contribution < -0.4 is 10.7 Å². The van der Waals surface area contributed by atoms with Crippen molar-refractivity contribution in [2.45, 2.75) is 0 Å². The number of pyridine rings is 1. The minimum absolute atomic E-state index is 0.655. The molecule has 1 heterocycles. The van der Waals surface area contributed by atoms with Crippen molar-refractivity contribution < 1.29 is 4.98 Å². The summed E-state index contributed by atoms with van der Waals surface area (Å²) in [6.45, 7) is 0. The van der Waals surface area contributed by atoms with Gasteiger partial charge >= 0.3 is 0 Å². The van der Waals surface area contributed by atoms with Gasteiger partial charge in [-0.1, -0.05) is 23.7 Å². The third-order valence-electron chi connectivity index (χ3n) is 2.01. The zero-order chi connectivity index (χ0) is 9.97. The van der Waals surface area contributed by atoms with Crippen molar-refractivity contribution in [1.29, 1.82) is 0 Å². The second-order valence-electron chi connectivity index (χ2n) is 3.04. The standard InChI is InChI=1S/C11H9ClN2/c12-10-4-1-8(2-5-10)9-3-6-11(13)14-7-9/h1-7H,(H2,13,14)/p+1. The smallest absolute Gasteiger partial charge is 0.270 e. The quantitative estimate of drug-likeness (QED) is 0.763. The van der Waals surface area contributed by atoms with E-state index < -0.39 is 0 Å². The van der Waals surface area contributed by atoms with Crippen molar-refractivity contribution in [3.05, 3.63) is 47.6 Å². The highest BCUT2D eigenvalue weighted by Crippen LogP contribution is 2.19. The van der Waals surface area contributed by atoms with Crippen molar-refractivity contribution in [3.8, 4) is 11.1 Å². The molecule has 3 heteroatoms. The van der Waals surface area contributed by atoms with E-state index in [4.69, 9.17) is 17.3 Å². The summed E-state index contributed by atoms with van der Waals surface area (Å²) in [4.78, 5) is 2.96. The van der Waals surface area contributed by atoms with Gasteiger partial charge in [0.15, 0.2) is 0 Å². The molecule has 0 bridgehead atoms. The molecule has 0 aliphatic carbocycles. The van der Waals surface area contributed by atoms with Gasteiger partial charge in [-0.2, -0.15) is 0 Å². The van der Waals surface area contributed by atoms with E-state index in [1.165, 1.54) is 0 Å². The van der Waals surface area contributed by atoms with E-state index in [0.29, 0.717) is 5.82 Å². The fourth-order valence-corrected chi connectivity index (χ4v) is 1.38. The first-order valence-electron chi connectivity index (χ1n) is 4.29. The molecule has 14 heavy (non-hydrogen) atoms. The number of anilines is 1. The van der Waals surface area contributed by atoms with Crippen molar-refractivity contribution in [2.75, 3.05) is 5.73 Å². The average Bonchev–Trinajstić information content (AvgIpc) is 2.21. The Hall–Kier alpha value is -1.54. The Morgan fingerprint density at radius 1 is 0.929 bits per heavy atom. The van der Waals surface area contributed by atoms with Gasteiger partial charge in [-0.15, -0.1) is 0 Å². The van der Waals surface area contributed by atoms with Gasteiger partial charge in [0.25, 0.3) is 5.82 Å². The fraction of sp³-hybridized carbons (Fsp3) is 0. The maximum atomic E-state index is 5.80. The lowest BCUT2D eigenvalue weighted by atomic mass is 10.1. The van der Waals surface area contributed by atoms with Crippen LogP contribution in [-0.2, 0) is 0 Å². The Kier molecular flexibility index (Phi) is 2.37. The first kappa shape index (κ1) is 9.03. The lowest BCUT2D eigenvalue weighted by molar-refractivity contribution is -0.359. The molecule has 0 atom stereocenters. The highest BCUT2D eigenvalue weighted by atomic mass is 35.5. The number of benzene rings is 1. The molecule has 0 aliphatic heterocycles. The predicted octanol–water partition coefficient (Wildman–Crippen LogP) is 2.40. The van der Waals surface area contributed by atoms with E-state index in [-0.39, 0.29) is 0 Å². The second kappa shape index (κ2) is 3.68. The first-order chi connectivity index (χ1) is 6.75. The summed E-state index contributed by atoms with van der Waals surface area (Å²) < 4.78 is 0. The zero-order valence-electron chi connectivity index (χ0n) is 7.50. The van der Waals surface area contributed by atoms with E-state index in [2.05, 4.69) is 4.98 Å². The molecule has 70 valence electrons. The summed E-state index contributed by atoms with van der Waals surface area (Å²) in [7, 11) is 0. The van der Waals surface area contributed by atoms with Crippen molar-refractivity contribution >= 4 is 17.4 Å². The molecule has 1 aromatic carbocycles. The van der Waals surface area contributed by atoms with Gasteiger partial charge in [-0.3, -0.25) is 5.73 Å². The summed E-state index contributed by atoms with van der Waals surface area (Å²) in [5, 5.41) is 0.744. The van der Waals surface area contributed by atoms with Crippen LogP contribution in [0.5, 0.6) is 0 Å². The Morgan fingerprint density at radius 2 is 1.57 bits per heavy atom. The molecule has 0 fully saturated rings. The van der Waals surface area contributed by atoms with E-state index in [1.54, 1.807) is 0 Å². The molecule has 2 nitrogen and oxygen atoms in total. The lowest BCUT2D eigenvalue weighted by Gasteiger charge is -1.99. The van der Waals surface area contributed by atoms with Crippen molar-refractivity contribution in [2.24, 2.45) is 0 Å². The number of hydrogen-bond acceptors (Lipinski definition) is 1. The van der Waals surface area contributed by atoms with Crippen LogP contribution in [0.2, 0.25) is 5.02 Å².